The monoisotopic (exact) mass is 350 g/mol. The molecule has 25 heavy (non-hydrogen) atoms. The first-order chi connectivity index (χ1) is 12.0. The van der Waals surface area contributed by atoms with Crippen molar-refractivity contribution in [3.05, 3.63) is 35.4 Å². The Bertz CT molecular complexity index is 579. The Hall–Kier alpha value is -1.49. The van der Waals surface area contributed by atoms with Gasteiger partial charge in [-0.25, -0.2) is 8.78 Å². The largest absolute Gasteiger partial charge is 0.342 e. The number of carbonyl (C=O) groups is 1. The summed E-state index contributed by atoms with van der Waals surface area (Å²) in [5.74, 6) is -0.151. The van der Waals surface area contributed by atoms with Crippen molar-refractivity contribution in [1.29, 1.82) is 0 Å². The molecule has 3 nitrogen and oxygen atoms in total. The van der Waals surface area contributed by atoms with Gasteiger partial charge in [-0.05, 0) is 76.7 Å². The van der Waals surface area contributed by atoms with Crippen molar-refractivity contribution >= 4 is 5.91 Å². The van der Waals surface area contributed by atoms with E-state index >= 15 is 0 Å². The number of piperidine rings is 2. The Labute approximate surface area is 149 Å². The molecule has 0 bridgehead atoms. The molecule has 0 saturated carbocycles. The minimum atomic E-state index is -0.463. The highest BCUT2D eigenvalue weighted by Crippen LogP contribution is 2.26. The molecule has 0 unspecified atom stereocenters. The van der Waals surface area contributed by atoms with Crippen LogP contribution in [-0.2, 0) is 11.2 Å². The van der Waals surface area contributed by atoms with Crippen LogP contribution in [0, 0.1) is 23.5 Å². The molecule has 0 spiro atoms. The Morgan fingerprint density at radius 2 is 1.80 bits per heavy atom. The highest BCUT2D eigenvalue weighted by Gasteiger charge is 2.30. The van der Waals surface area contributed by atoms with E-state index < -0.39 is 11.6 Å². The van der Waals surface area contributed by atoms with Crippen LogP contribution in [0.1, 0.15) is 37.7 Å². The van der Waals surface area contributed by atoms with Gasteiger partial charge in [-0.1, -0.05) is 6.07 Å². The molecule has 2 saturated heterocycles. The molecule has 138 valence electrons. The summed E-state index contributed by atoms with van der Waals surface area (Å²) in [6.45, 7) is 3.54. The minimum Gasteiger partial charge on any atom is -0.342 e. The molecule has 1 amide bonds. The molecule has 1 atom stereocenters. The van der Waals surface area contributed by atoms with E-state index in [9.17, 15) is 13.6 Å². The van der Waals surface area contributed by atoms with Crippen LogP contribution in [0.4, 0.5) is 8.78 Å². The maximum Gasteiger partial charge on any atom is 0.225 e. The highest BCUT2D eigenvalue weighted by molar-refractivity contribution is 5.79. The quantitative estimate of drug-likeness (QED) is 0.830. The van der Waals surface area contributed by atoms with Gasteiger partial charge in [0, 0.05) is 24.6 Å². The van der Waals surface area contributed by atoms with Gasteiger partial charge in [-0.15, -0.1) is 0 Å². The summed E-state index contributed by atoms with van der Waals surface area (Å²) in [4.78, 5) is 17.0. The van der Waals surface area contributed by atoms with Crippen molar-refractivity contribution in [3.63, 3.8) is 0 Å². The Balaban J connectivity index is 1.53. The fourth-order valence-corrected chi connectivity index (χ4v) is 4.13. The van der Waals surface area contributed by atoms with Gasteiger partial charge >= 0.3 is 0 Å². The zero-order valence-electron chi connectivity index (χ0n) is 15.0. The molecule has 3 rings (SSSR count). The van der Waals surface area contributed by atoms with E-state index in [1.807, 2.05) is 4.90 Å². The van der Waals surface area contributed by atoms with Crippen LogP contribution in [0.15, 0.2) is 18.2 Å². The standard InChI is InChI=1S/C20H28F2N2O/c1-23-12-9-16(10-13-23)20(25)24-11-3-4-15(14-24)7-8-17-18(21)5-2-6-19(17)22/h2,5-6,15-16H,3-4,7-14H2,1H3/t15-/m0/s1. The predicted octanol–water partition coefficient (Wildman–Crippen LogP) is 3.48. The fraction of sp³-hybridized carbons (Fsp3) is 0.650. The van der Waals surface area contributed by atoms with E-state index in [0.717, 1.165) is 58.3 Å². The third kappa shape index (κ3) is 4.57. The molecule has 0 aromatic heterocycles. The molecule has 0 aliphatic carbocycles. The highest BCUT2D eigenvalue weighted by atomic mass is 19.1. The fourth-order valence-electron chi connectivity index (χ4n) is 4.13. The number of amides is 1. The van der Waals surface area contributed by atoms with Crippen molar-refractivity contribution in [2.45, 2.75) is 38.5 Å². The molecule has 2 fully saturated rings. The van der Waals surface area contributed by atoms with Crippen LogP contribution in [0.25, 0.3) is 0 Å². The van der Waals surface area contributed by atoms with E-state index in [4.69, 9.17) is 0 Å². The number of hydrogen-bond donors (Lipinski definition) is 0. The summed E-state index contributed by atoms with van der Waals surface area (Å²) in [6, 6.07) is 4.03. The number of carbonyl (C=O) groups excluding carboxylic acids is 1. The van der Waals surface area contributed by atoms with Crippen LogP contribution < -0.4 is 0 Å². The van der Waals surface area contributed by atoms with Gasteiger partial charge in [0.15, 0.2) is 0 Å². The molecule has 5 heteroatoms. The van der Waals surface area contributed by atoms with Crippen molar-refractivity contribution in [3.8, 4) is 0 Å². The van der Waals surface area contributed by atoms with Gasteiger partial charge in [-0.3, -0.25) is 4.79 Å². The maximum absolute atomic E-state index is 13.8. The number of rotatable bonds is 4. The smallest absolute Gasteiger partial charge is 0.225 e. The number of hydrogen-bond acceptors (Lipinski definition) is 2. The molecule has 0 radical (unpaired) electrons. The zero-order chi connectivity index (χ0) is 17.8. The van der Waals surface area contributed by atoms with E-state index in [0.29, 0.717) is 12.3 Å². The lowest BCUT2D eigenvalue weighted by molar-refractivity contribution is -0.138. The van der Waals surface area contributed by atoms with Crippen LogP contribution in [0.2, 0.25) is 0 Å². The predicted molar refractivity (Wildman–Crippen MR) is 94.2 cm³/mol. The van der Waals surface area contributed by atoms with Crippen LogP contribution in [0.5, 0.6) is 0 Å². The average Bonchev–Trinajstić information content (AvgIpc) is 2.62. The second-order valence-electron chi connectivity index (χ2n) is 7.61. The van der Waals surface area contributed by atoms with E-state index in [1.165, 1.54) is 18.2 Å². The molecule has 2 heterocycles. The van der Waals surface area contributed by atoms with E-state index in [-0.39, 0.29) is 17.4 Å². The van der Waals surface area contributed by atoms with Crippen molar-refractivity contribution in [2.24, 2.45) is 11.8 Å². The lowest BCUT2D eigenvalue weighted by Gasteiger charge is -2.37. The van der Waals surface area contributed by atoms with Crippen molar-refractivity contribution < 1.29 is 13.6 Å². The van der Waals surface area contributed by atoms with Crippen LogP contribution in [0.3, 0.4) is 0 Å². The normalized spacial score (nSPS) is 23.0. The first kappa shape index (κ1) is 18.3. The number of likely N-dealkylation sites (tertiary alicyclic amines) is 2. The molecule has 1 aromatic rings. The second kappa shape index (κ2) is 8.26. The van der Waals surface area contributed by atoms with Gasteiger partial charge in [0.2, 0.25) is 5.91 Å². The van der Waals surface area contributed by atoms with Crippen LogP contribution in [-0.4, -0.2) is 48.9 Å². The lowest BCUT2D eigenvalue weighted by atomic mass is 9.89. The second-order valence-corrected chi connectivity index (χ2v) is 7.61. The van der Waals surface area contributed by atoms with Gasteiger partial charge in [-0.2, -0.15) is 0 Å². The van der Waals surface area contributed by atoms with Crippen molar-refractivity contribution in [2.75, 3.05) is 33.2 Å². The third-order valence-corrected chi connectivity index (χ3v) is 5.76. The number of benzene rings is 1. The summed E-state index contributed by atoms with van der Waals surface area (Å²) < 4.78 is 27.6. The zero-order valence-corrected chi connectivity index (χ0v) is 15.0. The van der Waals surface area contributed by atoms with E-state index in [2.05, 4.69) is 11.9 Å². The molecule has 0 N–H and O–H groups in total. The summed E-state index contributed by atoms with van der Waals surface area (Å²) in [5.41, 5.74) is 0.182. The number of nitrogens with zero attached hydrogens (tertiary/aromatic N) is 2. The van der Waals surface area contributed by atoms with Crippen LogP contribution >= 0.6 is 0 Å². The third-order valence-electron chi connectivity index (χ3n) is 5.76. The molecule has 2 aliphatic heterocycles. The average molecular weight is 350 g/mol. The summed E-state index contributed by atoms with van der Waals surface area (Å²) in [7, 11) is 2.10. The Morgan fingerprint density at radius 3 is 2.48 bits per heavy atom. The Kier molecular flexibility index (Phi) is 6.05. The topological polar surface area (TPSA) is 23.6 Å². The first-order valence-corrected chi connectivity index (χ1v) is 9.45. The summed E-state index contributed by atoms with van der Waals surface area (Å²) >= 11 is 0. The van der Waals surface area contributed by atoms with Gasteiger partial charge in [0.1, 0.15) is 11.6 Å². The first-order valence-electron chi connectivity index (χ1n) is 9.45. The summed E-state index contributed by atoms with van der Waals surface area (Å²) in [6.07, 6.45) is 5.04. The van der Waals surface area contributed by atoms with E-state index in [1.54, 1.807) is 0 Å². The summed E-state index contributed by atoms with van der Waals surface area (Å²) in [5, 5.41) is 0. The maximum atomic E-state index is 13.8. The molecule has 1 aromatic carbocycles. The lowest BCUT2D eigenvalue weighted by Crippen LogP contribution is -2.45. The van der Waals surface area contributed by atoms with Gasteiger partial charge in [0.05, 0.1) is 0 Å². The minimum absolute atomic E-state index is 0.152. The Morgan fingerprint density at radius 1 is 1.12 bits per heavy atom. The molecule has 2 aliphatic rings. The SMILES string of the molecule is CN1CCC(C(=O)N2CCC[C@@H](CCc3c(F)cccc3F)C2)CC1. The number of halogens is 2. The van der Waals surface area contributed by atoms with Gasteiger partial charge in [0.25, 0.3) is 0 Å². The molecular formula is C20H28F2N2O. The van der Waals surface area contributed by atoms with Crippen molar-refractivity contribution in [1.82, 2.24) is 9.80 Å². The van der Waals surface area contributed by atoms with Gasteiger partial charge < -0.3 is 9.80 Å². The molecular weight excluding hydrogens is 322 g/mol.